The van der Waals surface area contributed by atoms with Gasteiger partial charge in [0.15, 0.2) is 5.69 Å². The number of esters is 1. The van der Waals surface area contributed by atoms with E-state index in [0.29, 0.717) is 6.61 Å². The van der Waals surface area contributed by atoms with Crippen LogP contribution in [0.1, 0.15) is 57.6 Å². The molecule has 11 heteroatoms. The third-order valence-electron chi connectivity index (χ3n) is 3.68. The molecule has 0 bridgehead atoms. The normalized spacial score (nSPS) is 15.6. The van der Waals surface area contributed by atoms with Crippen LogP contribution in [0.5, 0.6) is 0 Å². The zero-order valence-corrected chi connectivity index (χ0v) is 14.4. The highest BCUT2D eigenvalue weighted by Crippen LogP contribution is 2.22. The van der Waals surface area contributed by atoms with Crippen LogP contribution in [0.4, 0.5) is 0 Å². The fourth-order valence-corrected chi connectivity index (χ4v) is 2.35. The number of methoxy groups -OCH3 is 1. The van der Waals surface area contributed by atoms with E-state index in [2.05, 4.69) is 20.0 Å². The van der Waals surface area contributed by atoms with Crippen LogP contribution in [-0.2, 0) is 9.47 Å². The Morgan fingerprint density at radius 2 is 2.15 bits per heavy atom. The number of nitrogens with zero attached hydrogens (tertiary/aromatic N) is 5. The summed E-state index contributed by atoms with van der Waals surface area (Å²) in [6, 6.07) is 3.54. The monoisotopic (exact) mass is 372 g/mol. The van der Waals surface area contributed by atoms with Gasteiger partial charge in [-0.05, 0) is 19.3 Å². The number of nitrogens with one attached hydrogen (secondary N) is 1. The Kier molecular flexibility index (Phi) is 6.63. The van der Waals surface area contributed by atoms with Gasteiger partial charge in [0.1, 0.15) is 35.2 Å². The van der Waals surface area contributed by atoms with E-state index in [1.165, 1.54) is 24.2 Å². The summed E-state index contributed by atoms with van der Waals surface area (Å²) in [4.78, 5) is 21.7. The van der Waals surface area contributed by atoms with E-state index >= 15 is 0 Å². The second-order valence-electron chi connectivity index (χ2n) is 5.37. The maximum absolute atomic E-state index is 10.8. The molecule has 3 rings (SSSR count). The van der Waals surface area contributed by atoms with Crippen LogP contribution in [-0.4, -0.2) is 50.7 Å². The summed E-state index contributed by atoms with van der Waals surface area (Å²) < 4.78 is 11.3. The van der Waals surface area contributed by atoms with Gasteiger partial charge >= 0.3 is 11.9 Å². The highest BCUT2D eigenvalue weighted by atomic mass is 16.5. The summed E-state index contributed by atoms with van der Waals surface area (Å²) in [5.74, 6) is -1.70. The number of hydrogen-bond donors (Lipinski definition) is 2. The van der Waals surface area contributed by atoms with Crippen molar-refractivity contribution in [1.29, 1.82) is 10.5 Å². The van der Waals surface area contributed by atoms with Gasteiger partial charge in [0, 0.05) is 12.8 Å². The van der Waals surface area contributed by atoms with Crippen molar-refractivity contribution in [3.05, 3.63) is 34.9 Å². The second-order valence-corrected chi connectivity index (χ2v) is 5.37. The second kappa shape index (κ2) is 9.12. The maximum atomic E-state index is 10.8. The van der Waals surface area contributed by atoms with Gasteiger partial charge in [-0.2, -0.15) is 20.7 Å². The molecule has 2 aromatic heterocycles. The number of aromatic nitrogens is 4. The number of carboxylic acids is 1. The Hall–Kier alpha value is -3.70. The van der Waals surface area contributed by atoms with E-state index in [-0.39, 0.29) is 28.7 Å². The molecule has 0 saturated carbocycles. The van der Waals surface area contributed by atoms with E-state index < -0.39 is 11.9 Å². The van der Waals surface area contributed by atoms with E-state index in [0.717, 1.165) is 19.3 Å². The Balaban J connectivity index is 0.000000208. The van der Waals surface area contributed by atoms with E-state index in [1.54, 1.807) is 12.1 Å². The highest BCUT2D eigenvalue weighted by Gasteiger charge is 2.21. The first-order chi connectivity index (χ1) is 13.0. The Morgan fingerprint density at radius 1 is 1.37 bits per heavy atom. The molecule has 0 spiro atoms. The number of rotatable bonds is 3. The van der Waals surface area contributed by atoms with E-state index in [4.69, 9.17) is 20.4 Å². The lowest BCUT2D eigenvalue weighted by molar-refractivity contribution is -0.0395. The number of hydrogen-bond acceptors (Lipinski definition) is 8. The van der Waals surface area contributed by atoms with Gasteiger partial charge in [0.05, 0.1) is 13.3 Å². The van der Waals surface area contributed by atoms with E-state index in [9.17, 15) is 9.59 Å². The minimum absolute atomic E-state index is 0.0679. The van der Waals surface area contributed by atoms with Crippen molar-refractivity contribution < 1.29 is 24.2 Å². The molecule has 1 fully saturated rings. The highest BCUT2D eigenvalue weighted by molar-refractivity contribution is 5.91. The quantitative estimate of drug-likeness (QED) is 0.752. The van der Waals surface area contributed by atoms with Crippen LogP contribution < -0.4 is 0 Å². The first-order valence-electron chi connectivity index (χ1n) is 7.87. The van der Waals surface area contributed by atoms with Crippen LogP contribution >= 0.6 is 0 Å². The maximum Gasteiger partial charge on any atom is 0.342 e. The summed E-state index contributed by atoms with van der Waals surface area (Å²) >= 11 is 0. The molecule has 0 radical (unpaired) electrons. The standard InChI is InChI=1S/C10H11N3O3.C6H5N3O2/c11-5-8-7(10(14)15)6-13(12-8)9-3-1-2-4-16-9;1-11-6(10)4-3-8-9-5(4)2-7/h6,9H,1-4H2,(H,14,15);3H,1H3,(H,8,9). The van der Waals surface area contributed by atoms with Gasteiger partial charge in [-0.3, -0.25) is 5.10 Å². The number of carboxylic acid groups (broad SMARTS) is 1. The SMILES string of the molecule is COC(=O)c1cn[nH]c1C#N.N#Cc1nn(C2CCCCO2)cc1C(=O)O. The Bertz CT molecular complexity index is 897. The Morgan fingerprint density at radius 3 is 2.67 bits per heavy atom. The van der Waals surface area contributed by atoms with Crippen molar-refractivity contribution in [1.82, 2.24) is 20.0 Å². The molecule has 0 aromatic carbocycles. The molecule has 2 N–H and O–H groups in total. The lowest BCUT2D eigenvalue weighted by Crippen LogP contribution is -2.18. The molecule has 0 aliphatic carbocycles. The minimum Gasteiger partial charge on any atom is -0.478 e. The van der Waals surface area contributed by atoms with Crippen molar-refractivity contribution in [2.75, 3.05) is 13.7 Å². The summed E-state index contributed by atoms with van der Waals surface area (Å²) in [5.41, 5.74) is 0.144. The number of carbonyl (C=O) groups is 2. The van der Waals surface area contributed by atoms with Gasteiger partial charge in [-0.25, -0.2) is 14.3 Å². The molecule has 11 nitrogen and oxygen atoms in total. The summed E-state index contributed by atoms with van der Waals surface area (Å²) in [5, 5.41) is 35.8. The number of nitriles is 2. The topological polar surface area (TPSA) is 167 Å². The largest absolute Gasteiger partial charge is 0.478 e. The van der Waals surface area contributed by atoms with Crippen LogP contribution in [0.2, 0.25) is 0 Å². The lowest BCUT2D eigenvalue weighted by atomic mass is 10.2. The molecule has 3 heterocycles. The zero-order chi connectivity index (χ0) is 19.8. The summed E-state index contributed by atoms with van der Waals surface area (Å²) in [6.45, 7) is 0.648. The summed E-state index contributed by atoms with van der Waals surface area (Å²) in [7, 11) is 1.25. The van der Waals surface area contributed by atoms with Crippen LogP contribution in [0.25, 0.3) is 0 Å². The molecule has 1 atom stereocenters. The van der Waals surface area contributed by atoms with Crippen molar-refractivity contribution in [3.8, 4) is 12.1 Å². The molecule has 140 valence electrons. The van der Waals surface area contributed by atoms with Crippen LogP contribution in [0, 0.1) is 22.7 Å². The molecule has 27 heavy (non-hydrogen) atoms. The lowest BCUT2D eigenvalue weighted by Gasteiger charge is -2.22. The van der Waals surface area contributed by atoms with Gasteiger partial charge in [-0.15, -0.1) is 0 Å². The molecular weight excluding hydrogens is 356 g/mol. The molecule has 1 aliphatic heterocycles. The van der Waals surface area contributed by atoms with Crippen molar-refractivity contribution in [2.45, 2.75) is 25.5 Å². The third-order valence-corrected chi connectivity index (χ3v) is 3.68. The molecule has 1 unspecified atom stereocenters. The number of aromatic carboxylic acids is 1. The van der Waals surface area contributed by atoms with Crippen molar-refractivity contribution in [2.24, 2.45) is 0 Å². The molecular formula is C16H16N6O5. The number of carbonyl (C=O) groups excluding carboxylic acids is 1. The minimum atomic E-state index is -1.14. The first-order valence-corrected chi connectivity index (χ1v) is 7.87. The third kappa shape index (κ3) is 4.68. The van der Waals surface area contributed by atoms with Gasteiger partial charge in [-0.1, -0.05) is 0 Å². The van der Waals surface area contributed by atoms with Crippen LogP contribution in [0.15, 0.2) is 12.4 Å². The predicted octanol–water partition coefficient (Wildman–Crippen LogP) is 1.22. The molecule has 1 saturated heterocycles. The van der Waals surface area contributed by atoms with E-state index in [1.807, 2.05) is 0 Å². The summed E-state index contributed by atoms with van der Waals surface area (Å²) in [6.07, 6.45) is 5.20. The van der Waals surface area contributed by atoms with Gasteiger partial charge in [0.2, 0.25) is 0 Å². The van der Waals surface area contributed by atoms with Crippen LogP contribution in [0.3, 0.4) is 0 Å². The average molecular weight is 372 g/mol. The smallest absolute Gasteiger partial charge is 0.342 e. The number of H-pyrrole nitrogens is 1. The number of aromatic amines is 1. The molecule has 2 aromatic rings. The fraction of sp³-hybridized carbons (Fsp3) is 0.375. The molecule has 0 amide bonds. The van der Waals surface area contributed by atoms with Crippen molar-refractivity contribution >= 4 is 11.9 Å². The predicted molar refractivity (Wildman–Crippen MR) is 87.4 cm³/mol. The average Bonchev–Trinajstić information content (AvgIpc) is 3.35. The van der Waals surface area contributed by atoms with Gasteiger partial charge < -0.3 is 14.6 Å². The molecule has 1 aliphatic rings. The zero-order valence-electron chi connectivity index (χ0n) is 14.4. The van der Waals surface area contributed by atoms with Gasteiger partial charge in [0.25, 0.3) is 0 Å². The fourth-order valence-electron chi connectivity index (χ4n) is 2.35. The van der Waals surface area contributed by atoms with Crippen molar-refractivity contribution in [3.63, 3.8) is 0 Å². The number of ether oxygens (including phenoxy) is 2. The Labute approximate surface area is 153 Å². The first kappa shape index (κ1) is 19.6.